The van der Waals surface area contributed by atoms with E-state index in [2.05, 4.69) is 4.99 Å². The fourth-order valence-corrected chi connectivity index (χ4v) is 1.54. The number of rotatable bonds is 10. The first kappa shape index (κ1) is 14.4. The van der Waals surface area contributed by atoms with Crippen LogP contribution in [0.4, 0.5) is 0 Å². The van der Waals surface area contributed by atoms with Crippen molar-refractivity contribution in [1.29, 1.82) is 0 Å². The van der Waals surface area contributed by atoms with Crippen LogP contribution in [0.5, 0.6) is 0 Å². The van der Waals surface area contributed by atoms with Crippen molar-refractivity contribution < 1.29 is 19.3 Å². The SMILES string of the molecule is CC(CCOCCO)OCCCC1=NCCO1. The monoisotopic (exact) mass is 245 g/mol. The van der Waals surface area contributed by atoms with E-state index in [1.807, 2.05) is 6.92 Å². The van der Waals surface area contributed by atoms with Gasteiger partial charge in [-0.25, -0.2) is 0 Å². The summed E-state index contributed by atoms with van der Waals surface area (Å²) >= 11 is 0. The fourth-order valence-electron chi connectivity index (χ4n) is 1.54. The lowest BCUT2D eigenvalue weighted by molar-refractivity contribution is 0.0237. The third kappa shape index (κ3) is 7.31. The molecule has 5 nitrogen and oxygen atoms in total. The van der Waals surface area contributed by atoms with Crippen molar-refractivity contribution in [2.45, 2.75) is 32.3 Å². The summed E-state index contributed by atoms with van der Waals surface area (Å²) in [5.41, 5.74) is 0. The van der Waals surface area contributed by atoms with Gasteiger partial charge in [-0.05, 0) is 19.8 Å². The van der Waals surface area contributed by atoms with Gasteiger partial charge in [0.25, 0.3) is 0 Å². The van der Waals surface area contributed by atoms with E-state index in [1.165, 1.54) is 0 Å². The van der Waals surface area contributed by atoms with E-state index in [-0.39, 0.29) is 12.7 Å². The molecular formula is C12H23NO4. The second-order valence-corrected chi connectivity index (χ2v) is 4.03. The van der Waals surface area contributed by atoms with Crippen LogP contribution in [0.2, 0.25) is 0 Å². The van der Waals surface area contributed by atoms with Crippen LogP contribution in [0.25, 0.3) is 0 Å². The van der Waals surface area contributed by atoms with Gasteiger partial charge in [-0.1, -0.05) is 0 Å². The number of hydrogen-bond acceptors (Lipinski definition) is 5. The normalized spacial score (nSPS) is 16.7. The molecule has 0 saturated heterocycles. The summed E-state index contributed by atoms with van der Waals surface area (Å²) in [6.45, 7) is 5.41. The number of hydrogen-bond donors (Lipinski definition) is 1. The number of nitrogens with zero attached hydrogens (tertiary/aromatic N) is 1. The minimum atomic E-state index is 0.0807. The van der Waals surface area contributed by atoms with Gasteiger partial charge < -0.3 is 19.3 Å². The smallest absolute Gasteiger partial charge is 0.183 e. The Balaban J connectivity index is 1.87. The number of ether oxygens (including phenoxy) is 3. The minimum absolute atomic E-state index is 0.0807. The Kier molecular flexibility index (Phi) is 7.96. The topological polar surface area (TPSA) is 60.3 Å². The summed E-state index contributed by atoms with van der Waals surface area (Å²) in [5, 5.41) is 8.53. The maximum absolute atomic E-state index is 8.53. The molecule has 0 amide bonds. The molecular weight excluding hydrogens is 222 g/mol. The molecule has 1 heterocycles. The standard InChI is InChI=1S/C12H23NO4/c1-11(4-8-15-10-6-14)16-7-2-3-12-13-5-9-17-12/h11,14H,2-10H2,1H3. The maximum Gasteiger partial charge on any atom is 0.183 e. The van der Waals surface area contributed by atoms with E-state index >= 15 is 0 Å². The zero-order chi connectivity index (χ0) is 12.3. The van der Waals surface area contributed by atoms with Crippen molar-refractivity contribution in [2.24, 2.45) is 4.99 Å². The molecule has 0 bridgehead atoms. The molecule has 1 rings (SSSR count). The first-order valence-corrected chi connectivity index (χ1v) is 6.29. The Labute approximate surface area is 103 Å². The first-order chi connectivity index (χ1) is 8.33. The van der Waals surface area contributed by atoms with Gasteiger partial charge in [0.05, 0.1) is 25.9 Å². The van der Waals surface area contributed by atoms with Crippen molar-refractivity contribution in [3.05, 3.63) is 0 Å². The van der Waals surface area contributed by atoms with Crippen molar-refractivity contribution >= 4 is 5.90 Å². The predicted octanol–water partition coefficient (Wildman–Crippen LogP) is 0.999. The lowest BCUT2D eigenvalue weighted by Crippen LogP contribution is -2.14. The minimum Gasteiger partial charge on any atom is -0.479 e. The molecule has 0 aromatic carbocycles. The molecule has 17 heavy (non-hydrogen) atoms. The van der Waals surface area contributed by atoms with Crippen molar-refractivity contribution in [1.82, 2.24) is 0 Å². The summed E-state index contributed by atoms with van der Waals surface area (Å²) in [7, 11) is 0. The highest BCUT2D eigenvalue weighted by atomic mass is 16.5. The van der Waals surface area contributed by atoms with Gasteiger partial charge in [0.15, 0.2) is 5.90 Å². The van der Waals surface area contributed by atoms with E-state index in [1.54, 1.807) is 0 Å². The molecule has 1 N–H and O–H groups in total. The molecule has 0 aromatic heterocycles. The van der Waals surface area contributed by atoms with Gasteiger partial charge in [0, 0.05) is 19.6 Å². The average Bonchev–Trinajstić information content (AvgIpc) is 2.83. The molecule has 100 valence electrons. The second kappa shape index (κ2) is 9.39. The quantitative estimate of drug-likeness (QED) is 0.583. The lowest BCUT2D eigenvalue weighted by atomic mass is 10.3. The first-order valence-electron chi connectivity index (χ1n) is 6.29. The molecule has 1 aliphatic heterocycles. The Bertz CT molecular complexity index is 221. The van der Waals surface area contributed by atoms with Crippen LogP contribution in [0.1, 0.15) is 26.2 Å². The van der Waals surface area contributed by atoms with Crippen LogP contribution in [-0.2, 0) is 14.2 Å². The molecule has 0 aromatic rings. The second-order valence-electron chi connectivity index (χ2n) is 4.03. The van der Waals surface area contributed by atoms with E-state index in [0.717, 1.165) is 44.9 Å². The highest BCUT2D eigenvalue weighted by Crippen LogP contribution is 2.04. The van der Waals surface area contributed by atoms with E-state index in [4.69, 9.17) is 19.3 Å². The van der Waals surface area contributed by atoms with Gasteiger partial charge >= 0.3 is 0 Å². The van der Waals surface area contributed by atoms with Gasteiger partial charge in [-0.15, -0.1) is 0 Å². The highest BCUT2D eigenvalue weighted by molar-refractivity contribution is 5.77. The van der Waals surface area contributed by atoms with Gasteiger partial charge in [-0.2, -0.15) is 0 Å². The zero-order valence-corrected chi connectivity index (χ0v) is 10.6. The van der Waals surface area contributed by atoms with E-state index in [9.17, 15) is 0 Å². The van der Waals surface area contributed by atoms with E-state index in [0.29, 0.717) is 13.2 Å². The number of aliphatic hydroxyl groups excluding tert-OH is 1. The van der Waals surface area contributed by atoms with Gasteiger partial charge in [-0.3, -0.25) is 4.99 Å². The number of aliphatic imine (C=N–C) groups is 1. The summed E-state index contributed by atoms with van der Waals surface area (Å²) in [4.78, 5) is 4.22. The molecule has 0 radical (unpaired) electrons. The van der Waals surface area contributed by atoms with E-state index < -0.39 is 0 Å². The molecule has 1 unspecified atom stereocenters. The lowest BCUT2D eigenvalue weighted by Gasteiger charge is -2.12. The number of aliphatic hydroxyl groups is 1. The van der Waals surface area contributed by atoms with Crippen molar-refractivity contribution in [3.8, 4) is 0 Å². The Hall–Kier alpha value is -0.650. The van der Waals surface area contributed by atoms with Crippen molar-refractivity contribution in [3.63, 3.8) is 0 Å². The van der Waals surface area contributed by atoms with Crippen LogP contribution in [0.15, 0.2) is 4.99 Å². The summed E-state index contributed by atoms with van der Waals surface area (Å²) in [6, 6.07) is 0. The van der Waals surface area contributed by atoms with Crippen LogP contribution in [0, 0.1) is 0 Å². The summed E-state index contributed by atoms with van der Waals surface area (Å²) < 4.78 is 16.1. The molecule has 1 aliphatic rings. The van der Waals surface area contributed by atoms with Crippen LogP contribution in [-0.4, -0.2) is 56.7 Å². The predicted molar refractivity (Wildman–Crippen MR) is 65.4 cm³/mol. The molecule has 0 fully saturated rings. The molecule has 0 saturated carbocycles. The molecule has 5 heteroatoms. The fraction of sp³-hybridized carbons (Fsp3) is 0.917. The Morgan fingerprint density at radius 2 is 2.29 bits per heavy atom. The average molecular weight is 245 g/mol. The largest absolute Gasteiger partial charge is 0.479 e. The highest BCUT2D eigenvalue weighted by Gasteiger charge is 2.07. The third-order valence-corrected chi connectivity index (χ3v) is 2.49. The molecule has 0 spiro atoms. The van der Waals surface area contributed by atoms with Crippen LogP contribution < -0.4 is 0 Å². The Morgan fingerprint density at radius 3 is 3.00 bits per heavy atom. The van der Waals surface area contributed by atoms with Crippen molar-refractivity contribution in [2.75, 3.05) is 39.6 Å². The maximum atomic E-state index is 8.53. The zero-order valence-electron chi connectivity index (χ0n) is 10.6. The van der Waals surface area contributed by atoms with Gasteiger partial charge in [0.1, 0.15) is 6.61 Å². The van der Waals surface area contributed by atoms with Crippen LogP contribution in [0.3, 0.4) is 0 Å². The van der Waals surface area contributed by atoms with Crippen LogP contribution >= 0.6 is 0 Å². The summed E-state index contributed by atoms with van der Waals surface area (Å²) in [5.74, 6) is 0.868. The molecule has 1 atom stereocenters. The molecule has 0 aliphatic carbocycles. The Morgan fingerprint density at radius 1 is 1.41 bits per heavy atom. The van der Waals surface area contributed by atoms with Gasteiger partial charge in [0.2, 0.25) is 0 Å². The summed E-state index contributed by atoms with van der Waals surface area (Å²) in [6.07, 6.45) is 2.87. The third-order valence-electron chi connectivity index (χ3n) is 2.49.